The number of piperidine rings is 1. The number of ether oxygens (including phenoxy) is 1. The average Bonchev–Trinajstić information content (AvgIpc) is 2.67. The van der Waals surface area contributed by atoms with Crippen LogP contribution in [0.5, 0.6) is 0 Å². The molecule has 0 unspecified atom stereocenters. The van der Waals surface area contributed by atoms with E-state index in [9.17, 15) is 0 Å². The third kappa shape index (κ3) is 6.32. The highest BCUT2D eigenvalue weighted by atomic mass is 16.5. The maximum Gasteiger partial charge on any atom is 0.130 e. The zero-order valence-corrected chi connectivity index (χ0v) is 15.8. The lowest BCUT2D eigenvalue weighted by atomic mass is 9.88. The van der Waals surface area contributed by atoms with E-state index in [1.165, 1.54) is 70.1 Å². The van der Waals surface area contributed by atoms with Gasteiger partial charge < -0.3 is 15.0 Å². The van der Waals surface area contributed by atoms with E-state index in [-0.39, 0.29) is 0 Å². The Balaban J connectivity index is 1.40. The van der Waals surface area contributed by atoms with Gasteiger partial charge >= 0.3 is 0 Å². The molecule has 1 saturated carbocycles. The number of aromatic nitrogens is 2. The minimum absolute atomic E-state index is 0.602. The third-order valence-corrected chi connectivity index (χ3v) is 5.63. The van der Waals surface area contributed by atoms with Crippen molar-refractivity contribution in [3.63, 3.8) is 0 Å². The van der Waals surface area contributed by atoms with Gasteiger partial charge in [0.2, 0.25) is 0 Å². The highest BCUT2D eigenvalue weighted by Crippen LogP contribution is 2.25. The van der Waals surface area contributed by atoms with E-state index >= 15 is 0 Å². The van der Waals surface area contributed by atoms with Gasteiger partial charge in [-0.2, -0.15) is 0 Å². The number of methoxy groups -OCH3 is 1. The summed E-state index contributed by atoms with van der Waals surface area (Å²) in [5.74, 6) is 1.81. The Kier molecular flexibility index (Phi) is 7.64. The van der Waals surface area contributed by atoms with Crippen molar-refractivity contribution < 1.29 is 4.74 Å². The van der Waals surface area contributed by atoms with Gasteiger partial charge in [-0.15, -0.1) is 0 Å². The van der Waals surface area contributed by atoms with Gasteiger partial charge in [-0.05, 0) is 38.1 Å². The fraction of sp³-hybridized carbons (Fsp3) is 0.800. The fourth-order valence-electron chi connectivity index (χ4n) is 4.18. The molecule has 2 aliphatic rings. The van der Waals surface area contributed by atoms with Crippen LogP contribution in [0.25, 0.3) is 0 Å². The van der Waals surface area contributed by atoms with Crippen LogP contribution in [0.3, 0.4) is 0 Å². The van der Waals surface area contributed by atoms with Gasteiger partial charge in [-0.3, -0.25) is 0 Å². The summed E-state index contributed by atoms with van der Waals surface area (Å²) in [6.07, 6.45) is 14.5. The lowest BCUT2D eigenvalue weighted by Gasteiger charge is -2.36. The summed E-state index contributed by atoms with van der Waals surface area (Å²) in [5, 5.41) is 3.72. The largest absolute Gasteiger partial charge is 0.384 e. The summed E-state index contributed by atoms with van der Waals surface area (Å²) >= 11 is 0. The molecule has 140 valence electrons. The van der Waals surface area contributed by atoms with Crippen LogP contribution in [0.4, 0.5) is 0 Å². The van der Waals surface area contributed by atoms with Crippen LogP contribution in [-0.2, 0) is 17.7 Å². The second-order valence-corrected chi connectivity index (χ2v) is 7.73. The maximum atomic E-state index is 5.07. The number of nitrogens with zero attached hydrogens (tertiary/aromatic N) is 3. The number of rotatable bonds is 8. The minimum Gasteiger partial charge on any atom is -0.384 e. The van der Waals surface area contributed by atoms with Crippen LogP contribution in [0.1, 0.15) is 56.3 Å². The molecule has 0 spiro atoms. The molecular weight excluding hydrogens is 312 g/mol. The van der Waals surface area contributed by atoms with Crippen molar-refractivity contribution >= 4 is 0 Å². The molecule has 1 aromatic rings. The number of nitrogens with one attached hydrogen (secondary N) is 1. The van der Waals surface area contributed by atoms with E-state index < -0.39 is 0 Å². The van der Waals surface area contributed by atoms with Crippen LogP contribution in [0.2, 0.25) is 0 Å². The summed E-state index contributed by atoms with van der Waals surface area (Å²) in [6, 6.07) is 0.602. The highest BCUT2D eigenvalue weighted by molar-refractivity contribution is 5.05. The minimum atomic E-state index is 0.602. The smallest absolute Gasteiger partial charge is 0.130 e. The van der Waals surface area contributed by atoms with Crippen LogP contribution in [0.15, 0.2) is 12.4 Å². The van der Waals surface area contributed by atoms with Crippen molar-refractivity contribution in [3.8, 4) is 0 Å². The van der Waals surface area contributed by atoms with Gasteiger partial charge in [-0.1, -0.05) is 19.3 Å². The first kappa shape index (κ1) is 18.7. The molecule has 1 N–H and O–H groups in total. The molecule has 1 aromatic heterocycles. The third-order valence-electron chi connectivity index (χ3n) is 5.63. The van der Waals surface area contributed by atoms with Crippen molar-refractivity contribution in [2.24, 2.45) is 5.92 Å². The predicted octanol–water partition coefficient (Wildman–Crippen LogP) is 2.80. The number of hydrogen-bond acceptors (Lipinski definition) is 5. The van der Waals surface area contributed by atoms with Gasteiger partial charge in [0.25, 0.3) is 0 Å². The fourth-order valence-corrected chi connectivity index (χ4v) is 4.18. The van der Waals surface area contributed by atoms with Gasteiger partial charge in [0, 0.05) is 57.2 Å². The Hall–Kier alpha value is -1.04. The number of hydrogen-bond donors (Lipinski definition) is 1. The summed E-state index contributed by atoms with van der Waals surface area (Å²) in [7, 11) is 1.71. The first-order chi connectivity index (χ1) is 12.3. The molecular formula is C20H34N4O. The average molecular weight is 347 g/mol. The van der Waals surface area contributed by atoms with E-state index in [2.05, 4.69) is 20.2 Å². The summed E-state index contributed by atoms with van der Waals surface area (Å²) in [5.41, 5.74) is 1.17. The molecule has 5 nitrogen and oxygen atoms in total. The second kappa shape index (κ2) is 10.2. The zero-order valence-electron chi connectivity index (χ0n) is 15.8. The van der Waals surface area contributed by atoms with Gasteiger partial charge in [0.15, 0.2) is 0 Å². The molecule has 0 amide bonds. The Morgan fingerprint density at radius 3 is 2.68 bits per heavy atom. The summed E-state index contributed by atoms with van der Waals surface area (Å²) < 4.78 is 5.07. The van der Waals surface area contributed by atoms with E-state index in [0.29, 0.717) is 12.6 Å². The van der Waals surface area contributed by atoms with Crippen molar-refractivity contribution in [1.82, 2.24) is 20.2 Å². The first-order valence-corrected chi connectivity index (χ1v) is 10.1. The lowest BCUT2D eigenvalue weighted by Crippen LogP contribution is -2.47. The van der Waals surface area contributed by atoms with E-state index in [4.69, 9.17) is 4.74 Å². The Labute approximate surface area is 152 Å². The van der Waals surface area contributed by atoms with Crippen molar-refractivity contribution in [2.75, 3.05) is 33.4 Å². The molecule has 2 heterocycles. The maximum absolute atomic E-state index is 5.07. The molecule has 0 bridgehead atoms. The van der Waals surface area contributed by atoms with Gasteiger partial charge in [0.1, 0.15) is 5.82 Å². The molecule has 2 fully saturated rings. The van der Waals surface area contributed by atoms with Crippen molar-refractivity contribution in [3.05, 3.63) is 23.8 Å². The Bertz CT molecular complexity index is 487. The molecule has 1 aliphatic carbocycles. The molecule has 5 heteroatoms. The molecule has 1 aliphatic heterocycles. The molecule has 0 radical (unpaired) electrons. The standard InChI is InChI=1S/C20H34N4O/c1-25-11-9-20-22-13-18(14-23-20)12-21-19-8-5-10-24(16-19)15-17-6-3-2-4-7-17/h13-14,17,19,21H,2-12,15-16H2,1H3/t19-/m0/s1. The van der Waals surface area contributed by atoms with E-state index in [1.54, 1.807) is 7.11 Å². The Morgan fingerprint density at radius 1 is 1.12 bits per heavy atom. The van der Waals surface area contributed by atoms with Crippen LogP contribution in [0, 0.1) is 5.92 Å². The monoisotopic (exact) mass is 346 g/mol. The molecule has 1 atom stereocenters. The van der Waals surface area contributed by atoms with Crippen LogP contribution in [-0.4, -0.2) is 54.3 Å². The summed E-state index contributed by atoms with van der Waals surface area (Å²) in [6.45, 7) is 5.34. The lowest BCUT2D eigenvalue weighted by molar-refractivity contribution is 0.149. The SMILES string of the molecule is COCCc1ncc(CN[C@H]2CCCN(CC3CCCCC3)C2)cn1. The second-order valence-electron chi connectivity index (χ2n) is 7.73. The zero-order chi connectivity index (χ0) is 17.3. The first-order valence-electron chi connectivity index (χ1n) is 10.1. The molecule has 25 heavy (non-hydrogen) atoms. The Morgan fingerprint density at radius 2 is 1.92 bits per heavy atom. The van der Waals surface area contributed by atoms with Gasteiger partial charge in [-0.25, -0.2) is 9.97 Å². The van der Waals surface area contributed by atoms with Crippen LogP contribution < -0.4 is 5.32 Å². The normalized spacial score (nSPS) is 23.0. The molecule has 3 rings (SSSR count). The summed E-state index contributed by atoms with van der Waals surface area (Å²) in [4.78, 5) is 11.6. The highest BCUT2D eigenvalue weighted by Gasteiger charge is 2.23. The van der Waals surface area contributed by atoms with Gasteiger partial charge in [0.05, 0.1) is 6.61 Å². The molecule has 1 saturated heterocycles. The molecule has 0 aromatic carbocycles. The predicted molar refractivity (Wildman–Crippen MR) is 100 cm³/mol. The van der Waals surface area contributed by atoms with E-state index in [0.717, 1.165) is 24.7 Å². The quantitative estimate of drug-likeness (QED) is 0.784. The van der Waals surface area contributed by atoms with Crippen molar-refractivity contribution in [1.29, 1.82) is 0 Å². The van der Waals surface area contributed by atoms with Crippen LogP contribution >= 0.6 is 0 Å². The topological polar surface area (TPSA) is 50.3 Å². The van der Waals surface area contributed by atoms with E-state index in [1.807, 2.05) is 12.4 Å². The number of likely N-dealkylation sites (tertiary alicyclic amines) is 1. The van der Waals surface area contributed by atoms with Crippen molar-refractivity contribution in [2.45, 2.75) is 64.0 Å².